The van der Waals surface area contributed by atoms with Gasteiger partial charge in [0.1, 0.15) is 11.6 Å². The van der Waals surface area contributed by atoms with Crippen molar-refractivity contribution in [2.45, 2.75) is 34.2 Å². The van der Waals surface area contributed by atoms with Crippen LogP contribution in [0.1, 0.15) is 30.8 Å². The summed E-state index contributed by atoms with van der Waals surface area (Å²) in [4.78, 5) is 25.9. The van der Waals surface area contributed by atoms with Crippen LogP contribution < -0.4 is 0 Å². The van der Waals surface area contributed by atoms with Crippen molar-refractivity contribution in [2.75, 3.05) is 32.9 Å². The van der Waals surface area contributed by atoms with Gasteiger partial charge in [-0.05, 0) is 37.5 Å². The van der Waals surface area contributed by atoms with Gasteiger partial charge in [0, 0.05) is 31.0 Å². The van der Waals surface area contributed by atoms with Gasteiger partial charge in [-0.15, -0.1) is 0 Å². The molecule has 2 heterocycles. The van der Waals surface area contributed by atoms with Crippen molar-refractivity contribution in [3.63, 3.8) is 0 Å². The molecule has 0 N–H and O–H groups in total. The molecule has 2 rings (SSSR count). The van der Waals surface area contributed by atoms with Crippen LogP contribution in [0.2, 0.25) is 0 Å². The summed E-state index contributed by atoms with van der Waals surface area (Å²) in [7, 11) is 0. The summed E-state index contributed by atoms with van der Waals surface area (Å²) in [6.07, 6.45) is 1.53. The third-order valence-corrected chi connectivity index (χ3v) is 4.49. The number of carbonyl (C=O) groups is 2. The van der Waals surface area contributed by atoms with Crippen molar-refractivity contribution in [1.82, 2.24) is 9.47 Å². The number of morpholine rings is 1. The highest BCUT2D eigenvalue weighted by Gasteiger charge is 2.20. The summed E-state index contributed by atoms with van der Waals surface area (Å²) >= 11 is 0. The summed E-state index contributed by atoms with van der Waals surface area (Å²) < 4.78 is 12.4. The number of amides is 1. The lowest BCUT2D eigenvalue weighted by Crippen LogP contribution is -2.42. The summed E-state index contributed by atoms with van der Waals surface area (Å²) in [6, 6.07) is 3.83. The van der Waals surface area contributed by atoms with Crippen molar-refractivity contribution in [2.24, 2.45) is 5.92 Å². The molecule has 1 aromatic rings. The Hall–Kier alpha value is -2.59. The van der Waals surface area contributed by atoms with Gasteiger partial charge >= 0.3 is 5.97 Å². The third-order valence-electron chi connectivity index (χ3n) is 4.49. The fraction of sp³-hybridized carbons (Fsp3) is 0.550. The standard InChI is InChI=1S/C20H27N3O4/c1-14(2)12-23-15(3)9-17(16(23)4)10-18(11-21)20(25)27-13-19(24)22-5-7-26-8-6-22/h9-10,14H,5-8,12-13H2,1-4H3/b18-10+. The van der Waals surface area contributed by atoms with E-state index in [1.807, 2.05) is 26.0 Å². The van der Waals surface area contributed by atoms with Gasteiger partial charge in [-0.1, -0.05) is 13.8 Å². The van der Waals surface area contributed by atoms with Crippen molar-refractivity contribution in [3.05, 3.63) is 28.6 Å². The second-order valence-electron chi connectivity index (χ2n) is 7.07. The number of hydrogen-bond acceptors (Lipinski definition) is 5. The lowest BCUT2D eigenvalue weighted by atomic mass is 10.1. The molecule has 0 bridgehead atoms. The van der Waals surface area contributed by atoms with E-state index >= 15 is 0 Å². The normalized spacial score (nSPS) is 15.0. The zero-order valence-electron chi connectivity index (χ0n) is 16.4. The SMILES string of the molecule is Cc1cc(/C=C(\C#N)C(=O)OCC(=O)N2CCOCC2)c(C)n1CC(C)C. The Morgan fingerprint density at radius 2 is 2.00 bits per heavy atom. The molecule has 0 aromatic carbocycles. The summed E-state index contributed by atoms with van der Waals surface area (Å²) in [5.74, 6) is -0.579. The van der Waals surface area contributed by atoms with Gasteiger partial charge in [0.25, 0.3) is 5.91 Å². The number of esters is 1. The van der Waals surface area contributed by atoms with Gasteiger partial charge < -0.3 is 18.9 Å². The maximum atomic E-state index is 12.2. The summed E-state index contributed by atoms with van der Waals surface area (Å²) in [5.41, 5.74) is 2.75. The molecule has 27 heavy (non-hydrogen) atoms. The third kappa shape index (κ3) is 5.44. The van der Waals surface area contributed by atoms with Crippen LogP contribution in [-0.4, -0.2) is 54.3 Å². The van der Waals surface area contributed by atoms with Gasteiger partial charge in [-0.25, -0.2) is 4.79 Å². The van der Waals surface area contributed by atoms with E-state index in [1.54, 1.807) is 4.90 Å². The van der Waals surface area contributed by atoms with E-state index < -0.39 is 5.97 Å². The van der Waals surface area contributed by atoms with E-state index in [-0.39, 0.29) is 18.1 Å². The average molecular weight is 373 g/mol. The fourth-order valence-corrected chi connectivity index (χ4v) is 3.02. The number of hydrogen-bond donors (Lipinski definition) is 0. The predicted octanol–water partition coefficient (Wildman–Crippen LogP) is 2.07. The Bertz CT molecular complexity index is 765. The molecule has 1 aliphatic rings. The second-order valence-corrected chi connectivity index (χ2v) is 7.07. The molecule has 7 nitrogen and oxygen atoms in total. The Morgan fingerprint density at radius 3 is 2.59 bits per heavy atom. The molecule has 0 unspecified atom stereocenters. The Kier molecular flexibility index (Phi) is 7.19. The van der Waals surface area contributed by atoms with Crippen LogP contribution in [0.4, 0.5) is 0 Å². The van der Waals surface area contributed by atoms with Gasteiger partial charge in [0.05, 0.1) is 13.2 Å². The molecule has 1 aromatic heterocycles. The molecular formula is C20H27N3O4. The minimum absolute atomic E-state index is 0.116. The van der Waals surface area contributed by atoms with E-state index in [2.05, 4.69) is 18.4 Å². The van der Waals surface area contributed by atoms with Gasteiger partial charge in [0.15, 0.2) is 6.61 Å². The Balaban J connectivity index is 2.06. The van der Waals surface area contributed by atoms with Crippen LogP contribution in [0.5, 0.6) is 0 Å². The summed E-state index contributed by atoms with van der Waals surface area (Å²) in [5, 5.41) is 9.35. The van der Waals surface area contributed by atoms with Crippen LogP contribution in [-0.2, 0) is 25.6 Å². The number of ether oxygens (including phenoxy) is 2. The first-order chi connectivity index (χ1) is 12.8. The van der Waals surface area contributed by atoms with E-state index in [9.17, 15) is 14.9 Å². The number of nitriles is 1. The van der Waals surface area contributed by atoms with Crippen LogP contribution in [0.25, 0.3) is 6.08 Å². The number of nitrogens with zero attached hydrogens (tertiary/aromatic N) is 3. The molecule has 1 aliphatic heterocycles. The monoisotopic (exact) mass is 373 g/mol. The zero-order valence-corrected chi connectivity index (χ0v) is 16.4. The van der Waals surface area contributed by atoms with Crippen LogP contribution in [0.3, 0.4) is 0 Å². The molecule has 0 aliphatic carbocycles. The van der Waals surface area contributed by atoms with Crippen LogP contribution >= 0.6 is 0 Å². The first-order valence-corrected chi connectivity index (χ1v) is 9.14. The maximum Gasteiger partial charge on any atom is 0.349 e. The second kappa shape index (κ2) is 9.38. The van der Waals surface area contributed by atoms with Gasteiger partial charge in [-0.2, -0.15) is 5.26 Å². The maximum absolute atomic E-state index is 12.2. The topological polar surface area (TPSA) is 84.6 Å². The van der Waals surface area contributed by atoms with E-state index in [0.29, 0.717) is 32.2 Å². The van der Waals surface area contributed by atoms with Crippen molar-refractivity contribution in [3.8, 4) is 6.07 Å². The minimum atomic E-state index is -0.784. The molecule has 1 saturated heterocycles. The first-order valence-electron chi connectivity index (χ1n) is 9.14. The van der Waals surface area contributed by atoms with Crippen molar-refractivity contribution >= 4 is 18.0 Å². The fourth-order valence-electron chi connectivity index (χ4n) is 3.02. The molecule has 0 spiro atoms. The van der Waals surface area contributed by atoms with Gasteiger partial charge in [-0.3, -0.25) is 4.79 Å². The zero-order chi connectivity index (χ0) is 20.0. The largest absolute Gasteiger partial charge is 0.451 e. The smallest absolute Gasteiger partial charge is 0.349 e. The minimum Gasteiger partial charge on any atom is -0.451 e. The molecule has 1 fully saturated rings. The molecule has 146 valence electrons. The van der Waals surface area contributed by atoms with Crippen LogP contribution in [0, 0.1) is 31.1 Å². The first kappa shape index (κ1) is 20.7. The number of carbonyl (C=O) groups excluding carboxylic acids is 2. The number of aromatic nitrogens is 1. The molecule has 0 saturated carbocycles. The predicted molar refractivity (Wildman–Crippen MR) is 101 cm³/mol. The highest BCUT2D eigenvalue weighted by Crippen LogP contribution is 2.20. The molecule has 1 amide bonds. The van der Waals surface area contributed by atoms with E-state index in [0.717, 1.165) is 23.5 Å². The molecular weight excluding hydrogens is 346 g/mol. The van der Waals surface area contributed by atoms with Crippen LogP contribution in [0.15, 0.2) is 11.6 Å². The molecule has 0 atom stereocenters. The highest BCUT2D eigenvalue weighted by atomic mass is 16.5. The highest BCUT2D eigenvalue weighted by molar-refractivity contribution is 5.99. The summed E-state index contributed by atoms with van der Waals surface area (Å²) in [6.45, 7) is 10.7. The lowest BCUT2D eigenvalue weighted by Gasteiger charge is -2.26. The average Bonchev–Trinajstić information content (AvgIpc) is 2.91. The molecule has 0 radical (unpaired) electrons. The lowest BCUT2D eigenvalue weighted by molar-refractivity contribution is -0.150. The Labute approximate surface area is 160 Å². The van der Waals surface area contributed by atoms with E-state index in [1.165, 1.54) is 6.08 Å². The van der Waals surface area contributed by atoms with Crippen molar-refractivity contribution < 1.29 is 19.1 Å². The van der Waals surface area contributed by atoms with Gasteiger partial charge in [0.2, 0.25) is 0 Å². The Morgan fingerprint density at radius 1 is 1.33 bits per heavy atom. The van der Waals surface area contributed by atoms with Crippen molar-refractivity contribution in [1.29, 1.82) is 5.26 Å². The number of rotatable bonds is 6. The van der Waals surface area contributed by atoms with E-state index in [4.69, 9.17) is 9.47 Å². The number of aryl methyl sites for hydroxylation is 1. The molecule has 7 heteroatoms. The quantitative estimate of drug-likeness (QED) is 0.433.